The van der Waals surface area contributed by atoms with Crippen LogP contribution in [0.4, 0.5) is 5.69 Å². The quantitative estimate of drug-likeness (QED) is 0.785. The summed E-state index contributed by atoms with van der Waals surface area (Å²) in [5.41, 5.74) is 5.15. The molecule has 1 aliphatic heterocycles. The molecular weight excluding hydrogens is 230 g/mol. The van der Waals surface area contributed by atoms with E-state index in [0.29, 0.717) is 6.04 Å². The second kappa shape index (κ2) is 4.08. The molecule has 0 spiro atoms. The first kappa shape index (κ1) is 10.7. The molecule has 17 heavy (non-hydrogen) atoms. The van der Waals surface area contributed by atoms with E-state index in [0.717, 1.165) is 11.4 Å². The van der Waals surface area contributed by atoms with Crippen molar-refractivity contribution in [3.63, 3.8) is 0 Å². The van der Waals surface area contributed by atoms with Gasteiger partial charge in [-0.3, -0.25) is 0 Å². The lowest BCUT2D eigenvalue weighted by Crippen LogP contribution is -2.05. The van der Waals surface area contributed by atoms with E-state index in [9.17, 15) is 0 Å². The molecule has 1 nitrogen and oxygen atoms in total. The standard InChI is InChI=1S/C15H14ClN/c1-10-2-4-11(5-3-10)14-8-12-6-7-13(16)9-15(12)17-14/h2-7,9,14,17H,8H2,1H3. The fraction of sp³-hybridized carbons (Fsp3) is 0.200. The van der Waals surface area contributed by atoms with Crippen LogP contribution in [-0.4, -0.2) is 0 Å². The fourth-order valence-corrected chi connectivity index (χ4v) is 2.49. The second-order valence-electron chi connectivity index (χ2n) is 4.61. The summed E-state index contributed by atoms with van der Waals surface area (Å²) in [7, 11) is 0. The van der Waals surface area contributed by atoms with E-state index in [4.69, 9.17) is 11.6 Å². The molecule has 1 atom stereocenters. The third kappa shape index (κ3) is 2.03. The minimum atomic E-state index is 0.379. The van der Waals surface area contributed by atoms with Gasteiger partial charge in [-0.2, -0.15) is 0 Å². The zero-order valence-electron chi connectivity index (χ0n) is 9.70. The Balaban J connectivity index is 1.88. The largest absolute Gasteiger partial charge is 0.378 e. The number of hydrogen-bond acceptors (Lipinski definition) is 1. The highest BCUT2D eigenvalue weighted by molar-refractivity contribution is 6.30. The predicted molar refractivity (Wildman–Crippen MR) is 72.7 cm³/mol. The minimum Gasteiger partial charge on any atom is -0.378 e. The zero-order valence-corrected chi connectivity index (χ0v) is 10.5. The first-order valence-electron chi connectivity index (χ1n) is 5.84. The molecule has 86 valence electrons. The molecule has 1 N–H and O–H groups in total. The molecule has 2 aromatic carbocycles. The molecule has 1 unspecified atom stereocenters. The molecule has 1 aliphatic rings. The maximum absolute atomic E-state index is 6.00. The third-order valence-corrected chi connectivity index (χ3v) is 3.54. The van der Waals surface area contributed by atoms with E-state index < -0.39 is 0 Å². The molecule has 0 radical (unpaired) electrons. The summed E-state index contributed by atoms with van der Waals surface area (Å²) in [5, 5.41) is 4.32. The Hall–Kier alpha value is -1.47. The molecule has 0 aliphatic carbocycles. The highest BCUT2D eigenvalue weighted by atomic mass is 35.5. The van der Waals surface area contributed by atoms with E-state index in [1.807, 2.05) is 12.1 Å². The molecular formula is C15H14ClN. The van der Waals surface area contributed by atoms with Gasteiger partial charge >= 0.3 is 0 Å². The Morgan fingerprint density at radius 1 is 1.12 bits per heavy atom. The van der Waals surface area contributed by atoms with Crippen molar-refractivity contribution in [1.29, 1.82) is 0 Å². The lowest BCUT2D eigenvalue weighted by Gasteiger charge is -2.11. The number of rotatable bonds is 1. The van der Waals surface area contributed by atoms with Crippen LogP contribution in [0.25, 0.3) is 0 Å². The molecule has 0 saturated carbocycles. The molecule has 0 fully saturated rings. The van der Waals surface area contributed by atoms with Crippen LogP contribution < -0.4 is 5.32 Å². The Kier molecular flexibility index (Phi) is 2.56. The van der Waals surface area contributed by atoms with Crippen LogP contribution in [0, 0.1) is 6.92 Å². The molecule has 3 rings (SSSR count). The number of anilines is 1. The monoisotopic (exact) mass is 243 g/mol. The van der Waals surface area contributed by atoms with Crippen LogP contribution >= 0.6 is 11.6 Å². The van der Waals surface area contributed by atoms with Gasteiger partial charge in [0.2, 0.25) is 0 Å². The van der Waals surface area contributed by atoms with E-state index in [-0.39, 0.29) is 0 Å². The molecule has 0 bridgehead atoms. The Morgan fingerprint density at radius 2 is 1.88 bits per heavy atom. The lowest BCUT2D eigenvalue weighted by molar-refractivity contribution is 0.824. The Labute approximate surface area is 106 Å². The third-order valence-electron chi connectivity index (χ3n) is 3.31. The lowest BCUT2D eigenvalue weighted by atomic mass is 10.0. The smallest absolute Gasteiger partial charge is 0.0555 e. The number of halogens is 1. The highest BCUT2D eigenvalue weighted by Gasteiger charge is 2.21. The van der Waals surface area contributed by atoms with Crippen molar-refractivity contribution in [1.82, 2.24) is 0 Å². The van der Waals surface area contributed by atoms with Crippen LogP contribution in [0.2, 0.25) is 5.02 Å². The van der Waals surface area contributed by atoms with Crippen molar-refractivity contribution in [2.75, 3.05) is 5.32 Å². The van der Waals surface area contributed by atoms with Crippen LogP contribution in [-0.2, 0) is 6.42 Å². The molecule has 0 saturated heterocycles. The van der Waals surface area contributed by atoms with Gasteiger partial charge in [-0.15, -0.1) is 0 Å². The number of fused-ring (bicyclic) bond motifs is 1. The van der Waals surface area contributed by atoms with Gasteiger partial charge in [-0.05, 0) is 36.6 Å². The number of benzene rings is 2. The summed E-state index contributed by atoms with van der Waals surface area (Å²) in [6.07, 6.45) is 1.04. The molecule has 0 aromatic heterocycles. The number of aryl methyl sites for hydroxylation is 1. The molecule has 0 amide bonds. The molecule has 2 aromatic rings. The SMILES string of the molecule is Cc1ccc(C2Cc3ccc(Cl)cc3N2)cc1. The zero-order chi connectivity index (χ0) is 11.8. The minimum absolute atomic E-state index is 0.379. The topological polar surface area (TPSA) is 12.0 Å². The second-order valence-corrected chi connectivity index (χ2v) is 5.05. The summed E-state index contributed by atoms with van der Waals surface area (Å²) in [6, 6.07) is 15.2. The average molecular weight is 244 g/mol. The normalized spacial score (nSPS) is 17.6. The summed E-state index contributed by atoms with van der Waals surface area (Å²) < 4.78 is 0. The van der Waals surface area contributed by atoms with Crippen molar-refractivity contribution in [2.24, 2.45) is 0 Å². The van der Waals surface area contributed by atoms with Gasteiger partial charge in [0.05, 0.1) is 6.04 Å². The summed E-state index contributed by atoms with van der Waals surface area (Å²) >= 11 is 6.00. The Bertz CT molecular complexity index is 545. The van der Waals surface area contributed by atoms with Gasteiger partial charge < -0.3 is 5.32 Å². The van der Waals surface area contributed by atoms with Gasteiger partial charge in [0, 0.05) is 10.7 Å². The van der Waals surface area contributed by atoms with E-state index >= 15 is 0 Å². The maximum Gasteiger partial charge on any atom is 0.0555 e. The summed E-state index contributed by atoms with van der Waals surface area (Å²) in [4.78, 5) is 0. The summed E-state index contributed by atoms with van der Waals surface area (Å²) in [6.45, 7) is 2.11. The van der Waals surface area contributed by atoms with Crippen molar-refractivity contribution >= 4 is 17.3 Å². The first-order valence-corrected chi connectivity index (χ1v) is 6.22. The first-order chi connectivity index (χ1) is 8.22. The van der Waals surface area contributed by atoms with E-state index in [2.05, 4.69) is 42.6 Å². The predicted octanol–water partition coefficient (Wildman–Crippen LogP) is 4.36. The van der Waals surface area contributed by atoms with Gasteiger partial charge in [0.15, 0.2) is 0 Å². The number of hydrogen-bond donors (Lipinski definition) is 1. The van der Waals surface area contributed by atoms with Crippen LogP contribution in [0.3, 0.4) is 0 Å². The van der Waals surface area contributed by atoms with Gasteiger partial charge in [0.1, 0.15) is 0 Å². The number of nitrogens with one attached hydrogen (secondary N) is 1. The van der Waals surface area contributed by atoms with Crippen molar-refractivity contribution in [3.05, 3.63) is 64.2 Å². The van der Waals surface area contributed by atoms with Crippen LogP contribution in [0.15, 0.2) is 42.5 Å². The highest BCUT2D eigenvalue weighted by Crippen LogP contribution is 2.35. The fourth-order valence-electron chi connectivity index (χ4n) is 2.32. The Morgan fingerprint density at radius 3 is 2.65 bits per heavy atom. The molecule has 2 heteroatoms. The van der Waals surface area contributed by atoms with E-state index in [1.165, 1.54) is 22.4 Å². The van der Waals surface area contributed by atoms with Crippen molar-refractivity contribution in [2.45, 2.75) is 19.4 Å². The van der Waals surface area contributed by atoms with E-state index in [1.54, 1.807) is 0 Å². The summed E-state index contributed by atoms with van der Waals surface area (Å²) in [5.74, 6) is 0. The maximum atomic E-state index is 6.00. The van der Waals surface area contributed by atoms with Crippen molar-refractivity contribution < 1.29 is 0 Å². The van der Waals surface area contributed by atoms with Crippen LogP contribution in [0.5, 0.6) is 0 Å². The molecule has 1 heterocycles. The average Bonchev–Trinajstić information content (AvgIpc) is 2.72. The van der Waals surface area contributed by atoms with Gasteiger partial charge in [0.25, 0.3) is 0 Å². The van der Waals surface area contributed by atoms with Gasteiger partial charge in [-0.25, -0.2) is 0 Å². The van der Waals surface area contributed by atoms with Gasteiger partial charge in [-0.1, -0.05) is 47.5 Å². The van der Waals surface area contributed by atoms with Crippen molar-refractivity contribution in [3.8, 4) is 0 Å². The van der Waals surface area contributed by atoms with Crippen LogP contribution in [0.1, 0.15) is 22.7 Å².